The normalized spacial score (nSPS) is 15.6. The number of ether oxygens (including phenoxy) is 1. The summed E-state index contributed by atoms with van der Waals surface area (Å²) in [6.07, 6.45) is 1.68. The van der Waals surface area contributed by atoms with E-state index >= 15 is 0 Å². The van der Waals surface area contributed by atoms with Crippen LogP contribution >= 0.6 is 23.4 Å². The minimum absolute atomic E-state index is 0.274. The first-order chi connectivity index (χ1) is 13.2. The Labute approximate surface area is 172 Å². The summed E-state index contributed by atoms with van der Waals surface area (Å²) in [5.41, 5.74) is 4.61. The van der Waals surface area contributed by atoms with Crippen LogP contribution in [-0.4, -0.2) is 40.2 Å². The number of rotatable bonds is 4. The Morgan fingerprint density at radius 2 is 1.93 bits per heavy atom. The zero-order valence-corrected chi connectivity index (χ0v) is 17.5. The van der Waals surface area contributed by atoms with E-state index in [1.54, 1.807) is 6.08 Å². The molecule has 1 aliphatic heterocycles. The number of hydrogen-bond donors (Lipinski definition) is 0. The zero-order chi connectivity index (χ0) is 20.6. The third kappa shape index (κ3) is 3.72. The number of carbonyl (C=O) groups is 3. The Hall–Kier alpha value is -2.51. The number of aryl methyl sites for hydroxylation is 2. The number of aromatic nitrogens is 1. The molecular weight excluding hydrogens is 400 g/mol. The summed E-state index contributed by atoms with van der Waals surface area (Å²) in [4.78, 5) is 37.2. The number of carbonyl (C=O) groups excluding carboxylic acids is 3. The SMILES string of the molecule is COC(=O)CN1C(=O)S/C(=C\c2cc(C)n(-c3ccc(C)c(Cl)c3)c2C)C1=O. The Morgan fingerprint density at radius 1 is 1.21 bits per heavy atom. The zero-order valence-electron chi connectivity index (χ0n) is 15.9. The fourth-order valence-corrected chi connectivity index (χ4v) is 4.03. The van der Waals surface area contributed by atoms with Crippen LogP contribution in [0.3, 0.4) is 0 Å². The minimum Gasteiger partial charge on any atom is -0.468 e. The van der Waals surface area contributed by atoms with E-state index in [1.165, 1.54) is 7.11 Å². The molecule has 28 heavy (non-hydrogen) atoms. The van der Waals surface area contributed by atoms with Gasteiger partial charge in [-0.3, -0.25) is 19.3 Å². The summed E-state index contributed by atoms with van der Waals surface area (Å²) in [6, 6.07) is 7.77. The van der Waals surface area contributed by atoms with Crippen molar-refractivity contribution in [2.24, 2.45) is 0 Å². The summed E-state index contributed by atoms with van der Waals surface area (Å²) < 4.78 is 6.58. The summed E-state index contributed by atoms with van der Waals surface area (Å²) in [5.74, 6) is -1.14. The predicted octanol–water partition coefficient (Wildman–Crippen LogP) is 4.27. The first-order valence-corrected chi connectivity index (χ1v) is 9.70. The van der Waals surface area contributed by atoms with Crippen LogP contribution in [-0.2, 0) is 14.3 Å². The maximum absolute atomic E-state index is 12.5. The third-order valence-corrected chi connectivity index (χ3v) is 5.87. The average molecular weight is 419 g/mol. The van der Waals surface area contributed by atoms with Crippen molar-refractivity contribution in [3.8, 4) is 5.69 Å². The van der Waals surface area contributed by atoms with Gasteiger partial charge in [-0.1, -0.05) is 17.7 Å². The second-order valence-corrected chi connectivity index (χ2v) is 7.84. The van der Waals surface area contributed by atoms with Crippen molar-refractivity contribution in [1.82, 2.24) is 9.47 Å². The van der Waals surface area contributed by atoms with Gasteiger partial charge in [-0.15, -0.1) is 0 Å². The molecule has 146 valence electrons. The molecule has 8 heteroatoms. The van der Waals surface area contributed by atoms with Gasteiger partial charge in [0.1, 0.15) is 6.54 Å². The molecule has 1 aromatic carbocycles. The molecule has 2 amide bonds. The summed E-state index contributed by atoms with van der Waals surface area (Å²) in [7, 11) is 1.21. The molecule has 0 saturated carbocycles. The van der Waals surface area contributed by atoms with Crippen molar-refractivity contribution < 1.29 is 19.1 Å². The fourth-order valence-electron chi connectivity index (χ4n) is 3.02. The van der Waals surface area contributed by atoms with Crippen molar-refractivity contribution >= 4 is 46.6 Å². The van der Waals surface area contributed by atoms with Gasteiger partial charge in [0.25, 0.3) is 11.1 Å². The molecule has 2 heterocycles. The second kappa shape index (κ2) is 7.85. The standard InChI is InChI=1S/C20H19ClN2O4S/c1-11-5-6-15(9-16(11)21)23-12(2)7-14(13(23)3)8-17-19(25)22(20(26)28-17)10-18(24)27-4/h5-9H,10H2,1-4H3/b17-8-. The van der Waals surface area contributed by atoms with Crippen molar-refractivity contribution in [2.75, 3.05) is 13.7 Å². The number of hydrogen-bond acceptors (Lipinski definition) is 5. The Balaban J connectivity index is 1.95. The Kier molecular flexibility index (Phi) is 5.67. The molecule has 0 unspecified atom stereocenters. The van der Waals surface area contributed by atoms with Crippen LogP contribution in [0.4, 0.5) is 4.79 Å². The van der Waals surface area contributed by atoms with E-state index in [4.69, 9.17) is 11.6 Å². The lowest BCUT2D eigenvalue weighted by molar-refractivity contribution is -0.143. The van der Waals surface area contributed by atoms with Gasteiger partial charge in [-0.05, 0) is 67.9 Å². The second-order valence-electron chi connectivity index (χ2n) is 6.44. The van der Waals surface area contributed by atoms with E-state index in [1.807, 2.05) is 49.6 Å². The highest BCUT2D eigenvalue weighted by atomic mass is 35.5. The summed E-state index contributed by atoms with van der Waals surface area (Å²) in [5, 5.41) is 0.191. The van der Waals surface area contributed by atoms with Crippen molar-refractivity contribution in [3.63, 3.8) is 0 Å². The first-order valence-electron chi connectivity index (χ1n) is 8.50. The van der Waals surface area contributed by atoms with Crippen LogP contribution in [0.1, 0.15) is 22.5 Å². The number of imide groups is 1. The molecule has 0 radical (unpaired) electrons. The van der Waals surface area contributed by atoms with Crippen molar-refractivity contribution in [2.45, 2.75) is 20.8 Å². The monoisotopic (exact) mass is 418 g/mol. The van der Waals surface area contributed by atoms with E-state index in [-0.39, 0.29) is 11.4 Å². The van der Waals surface area contributed by atoms with E-state index in [0.717, 1.165) is 44.9 Å². The van der Waals surface area contributed by atoms with Crippen molar-refractivity contribution in [3.05, 3.63) is 56.7 Å². The van der Waals surface area contributed by atoms with Crippen LogP contribution in [0.25, 0.3) is 11.8 Å². The van der Waals surface area contributed by atoms with Gasteiger partial charge in [0, 0.05) is 22.1 Å². The molecule has 1 saturated heterocycles. The lowest BCUT2D eigenvalue weighted by atomic mass is 10.2. The third-order valence-electron chi connectivity index (χ3n) is 4.56. The molecule has 3 rings (SSSR count). The van der Waals surface area contributed by atoms with Crippen LogP contribution in [0.5, 0.6) is 0 Å². The van der Waals surface area contributed by atoms with Crippen LogP contribution < -0.4 is 0 Å². The topological polar surface area (TPSA) is 68.6 Å². The number of nitrogens with zero attached hydrogens (tertiary/aromatic N) is 2. The molecule has 0 N–H and O–H groups in total. The number of thioether (sulfide) groups is 1. The molecule has 2 aromatic rings. The predicted molar refractivity (Wildman–Crippen MR) is 110 cm³/mol. The Bertz CT molecular complexity index is 1030. The molecule has 0 spiro atoms. The van der Waals surface area contributed by atoms with Crippen LogP contribution in [0.2, 0.25) is 5.02 Å². The molecule has 1 fully saturated rings. The van der Waals surface area contributed by atoms with Gasteiger partial charge in [-0.25, -0.2) is 0 Å². The molecule has 1 aliphatic rings. The lowest BCUT2D eigenvalue weighted by Gasteiger charge is -2.11. The largest absolute Gasteiger partial charge is 0.468 e. The molecule has 1 aromatic heterocycles. The van der Waals surface area contributed by atoms with E-state index in [2.05, 4.69) is 4.74 Å². The average Bonchev–Trinajstić information content (AvgIpc) is 3.07. The number of halogens is 1. The molecule has 6 nitrogen and oxygen atoms in total. The molecule has 0 atom stereocenters. The summed E-state index contributed by atoms with van der Waals surface area (Å²) in [6.45, 7) is 5.45. The highest BCUT2D eigenvalue weighted by Gasteiger charge is 2.36. The number of esters is 1. The maximum Gasteiger partial charge on any atom is 0.325 e. The number of benzene rings is 1. The summed E-state index contributed by atoms with van der Waals surface area (Å²) >= 11 is 7.08. The van der Waals surface area contributed by atoms with Gasteiger partial charge in [0.05, 0.1) is 12.0 Å². The Morgan fingerprint density at radius 3 is 2.57 bits per heavy atom. The quantitative estimate of drug-likeness (QED) is 0.548. The van der Waals surface area contributed by atoms with Gasteiger partial charge < -0.3 is 9.30 Å². The highest BCUT2D eigenvalue weighted by molar-refractivity contribution is 8.18. The van der Waals surface area contributed by atoms with Crippen LogP contribution in [0.15, 0.2) is 29.2 Å². The van der Waals surface area contributed by atoms with Crippen LogP contribution in [0, 0.1) is 20.8 Å². The fraction of sp³-hybridized carbons (Fsp3) is 0.250. The number of amides is 2. The molecular formula is C20H19ClN2O4S. The highest BCUT2D eigenvalue weighted by Crippen LogP contribution is 2.34. The minimum atomic E-state index is -0.641. The first kappa shape index (κ1) is 20.2. The van der Waals surface area contributed by atoms with Gasteiger partial charge in [0.2, 0.25) is 0 Å². The van der Waals surface area contributed by atoms with E-state index < -0.39 is 17.1 Å². The van der Waals surface area contributed by atoms with Crippen molar-refractivity contribution in [1.29, 1.82) is 0 Å². The lowest BCUT2D eigenvalue weighted by Crippen LogP contribution is -2.34. The smallest absolute Gasteiger partial charge is 0.325 e. The maximum atomic E-state index is 12.5. The molecule has 0 aliphatic carbocycles. The number of methoxy groups -OCH3 is 1. The van der Waals surface area contributed by atoms with E-state index in [9.17, 15) is 14.4 Å². The van der Waals surface area contributed by atoms with E-state index in [0.29, 0.717) is 5.02 Å². The molecule has 0 bridgehead atoms. The van der Waals surface area contributed by atoms with Gasteiger partial charge in [-0.2, -0.15) is 0 Å². The van der Waals surface area contributed by atoms with Gasteiger partial charge >= 0.3 is 5.97 Å². The van der Waals surface area contributed by atoms with Gasteiger partial charge in [0.15, 0.2) is 0 Å².